The van der Waals surface area contributed by atoms with E-state index in [0.717, 1.165) is 10.7 Å². The molecule has 1 N–H and O–H groups in total. The molecule has 0 aromatic carbocycles. The molecule has 0 saturated heterocycles. The lowest BCUT2D eigenvalue weighted by molar-refractivity contribution is -0.253. The van der Waals surface area contributed by atoms with Gasteiger partial charge in [-0.25, -0.2) is 0 Å². The van der Waals surface area contributed by atoms with Gasteiger partial charge in [0, 0.05) is 25.9 Å². The number of halogens is 4. The number of amides is 1. The van der Waals surface area contributed by atoms with Gasteiger partial charge in [0.15, 0.2) is 0 Å². The van der Waals surface area contributed by atoms with Crippen LogP contribution in [0, 0.1) is 0 Å². The topological polar surface area (TPSA) is 52.2 Å². The van der Waals surface area contributed by atoms with Gasteiger partial charge >= 0.3 is 0 Å². The Hall–Kier alpha value is 1.19. The van der Waals surface area contributed by atoms with Crippen LogP contribution in [0.5, 0.6) is 0 Å². The molecule has 0 radical (unpaired) electrons. The summed E-state index contributed by atoms with van der Waals surface area (Å²) >= 11 is 13.7. The largest absolute Gasteiger partial charge is 0.530 e. The lowest BCUT2D eigenvalue weighted by Crippen LogP contribution is -2.53. The van der Waals surface area contributed by atoms with E-state index in [1.165, 1.54) is 0 Å². The van der Waals surface area contributed by atoms with Crippen molar-refractivity contribution in [1.29, 1.82) is 0 Å². The van der Waals surface area contributed by atoms with Gasteiger partial charge in [-0.3, -0.25) is 0 Å². The summed E-state index contributed by atoms with van der Waals surface area (Å²) in [5, 5.41) is 14.7. The molecule has 0 aromatic heterocycles. The van der Waals surface area contributed by atoms with Crippen LogP contribution in [-0.4, -0.2) is 31.9 Å². The molecule has 16 heavy (non-hydrogen) atoms. The van der Waals surface area contributed by atoms with Gasteiger partial charge in [-0.2, -0.15) is 0 Å². The monoisotopic (exact) mass is 484 g/mol. The molecule has 96 valence electrons. The molecule has 0 rings (SSSR count). The maximum atomic E-state index is 10.7. The van der Waals surface area contributed by atoms with Crippen molar-refractivity contribution in [2.75, 3.05) is 10.7 Å². The van der Waals surface area contributed by atoms with Gasteiger partial charge in [0.2, 0.25) is 0 Å². The first-order valence-corrected chi connectivity index (χ1v) is 8.79. The molecule has 0 aliphatic rings. The third kappa shape index (κ3) is 7.50. The molecule has 7 heteroatoms. The van der Waals surface area contributed by atoms with Crippen molar-refractivity contribution in [3.63, 3.8) is 0 Å². The van der Waals surface area contributed by atoms with Crippen LogP contribution < -0.4 is 10.4 Å². The van der Waals surface area contributed by atoms with E-state index in [1.807, 2.05) is 6.92 Å². The molecule has 0 bridgehead atoms. The van der Waals surface area contributed by atoms with Crippen LogP contribution in [-0.2, 0) is 0 Å². The van der Waals surface area contributed by atoms with Gasteiger partial charge in [0.25, 0.3) is 0 Å². The summed E-state index contributed by atoms with van der Waals surface area (Å²) in [6.07, 6.45) is 0.161. The fourth-order valence-electron chi connectivity index (χ4n) is 1.52. The Labute approximate surface area is 130 Å². The summed E-state index contributed by atoms with van der Waals surface area (Å²) in [5.41, 5.74) is -0.497. The molecule has 2 atom stereocenters. The smallest absolute Gasteiger partial charge is 0.134 e. The van der Waals surface area contributed by atoms with E-state index in [2.05, 4.69) is 69.0 Å². The molecule has 1 amide bonds. The first-order chi connectivity index (χ1) is 7.33. The Morgan fingerprint density at radius 3 is 1.88 bits per heavy atom. The fraction of sp³-hybridized carbons (Fsp3) is 0.889. The lowest BCUT2D eigenvalue weighted by atomic mass is 9.91. The number of carbonyl (C=O) groups is 1. The van der Waals surface area contributed by atoms with Gasteiger partial charge in [-0.15, -0.1) is 0 Å². The Kier molecular flexibility index (Phi) is 8.94. The molecule has 0 aliphatic carbocycles. The summed E-state index contributed by atoms with van der Waals surface area (Å²) in [7, 11) is 0. The number of rotatable bonds is 7. The molecule has 0 saturated carbocycles. The van der Waals surface area contributed by atoms with Crippen molar-refractivity contribution in [2.24, 2.45) is 0 Å². The maximum Gasteiger partial charge on any atom is 0.134 e. The van der Waals surface area contributed by atoms with Gasteiger partial charge in [0.05, 0.1) is 0 Å². The Balaban J connectivity index is 4.53. The fourth-order valence-corrected chi connectivity index (χ4v) is 3.41. The Morgan fingerprint density at radius 1 is 1.25 bits per heavy atom. The first kappa shape index (κ1) is 17.2. The SMILES string of the molecule is CC(CC(Br)CBr)(CC(Br)CBr)NC(=O)[O-]. The van der Waals surface area contributed by atoms with Crippen molar-refractivity contribution >= 4 is 69.8 Å². The molecule has 0 heterocycles. The molecule has 0 fully saturated rings. The van der Waals surface area contributed by atoms with Crippen LogP contribution in [0.25, 0.3) is 0 Å². The summed E-state index contributed by atoms with van der Waals surface area (Å²) in [6, 6.07) is 0. The van der Waals surface area contributed by atoms with Crippen LogP contribution in [0.3, 0.4) is 0 Å². The minimum Gasteiger partial charge on any atom is -0.530 e. The van der Waals surface area contributed by atoms with Gasteiger partial charge in [0.1, 0.15) is 6.09 Å². The van der Waals surface area contributed by atoms with Gasteiger partial charge in [-0.05, 0) is 19.8 Å². The normalized spacial score (nSPS) is 18.6. The minimum atomic E-state index is -1.23. The van der Waals surface area contributed by atoms with E-state index in [0.29, 0.717) is 12.8 Å². The number of hydrogen-bond acceptors (Lipinski definition) is 2. The highest BCUT2D eigenvalue weighted by Gasteiger charge is 2.29. The van der Waals surface area contributed by atoms with E-state index >= 15 is 0 Å². The zero-order valence-corrected chi connectivity index (χ0v) is 15.2. The van der Waals surface area contributed by atoms with Crippen molar-refractivity contribution in [3.05, 3.63) is 0 Å². The third-order valence-corrected chi connectivity index (χ3v) is 6.68. The molecule has 2 unspecified atom stereocenters. The van der Waals surface area contributed by atoms with Crippen molar-refractivity contribution < 1.29 is 9.90 Å². The average molecular weight is 488 g/mol. The quantitative estimate of drug-likeness (QED) is 0.562. The zero-order valence-electron chi connectivity index (χ0n) is 8.81. The van der Waals surface area contributed by atoms with Crippen molar-refractivity contribution in [2.45, 2.75) is 35.0 Å². The second kappa shape index (κ2) is 8.32. The lowest BCUT2D eigenvalue weighted by Gasteiger charge is -2.35. The summed E-state index contributed by atoms with van der Waals surface area (Å²) in [5.74, 6) is 0. The van der Waals surface area contributed by atoms with Gasteiger partial charge in [-0.1, -0.05) is 63.7 Å². The van der Waals surface area contributed by atoms with Crippen molar-refractivity contribution in [1.82, 2.24) is 5.32 Å². The zero-order chi connectivity index (χ0) is 12.8. The molecule has 0 aliphatic heterocycles. The van der Waals surface area contributed by atoms with Crippen LogP contribution in [0.4, 0.5) is 4.79 Å². The second-order valence-electron chi connectivity index (χ2n) is 3.88. The Bertz CT molecular complexity index is 216. The van der Waals surface area contributed by atoms with Crippen LogP contribution >= 0.6 is 63.7 Å². The number of hydrogen-bond donors (Lipinski definition) is 1. The number of carbonyl (C=O) groups excluding carboxylic acids is 1. The van der Waals surface area contributed by atoms with E-state index in [4.69, 9.17) is 0 Å². The highest BCUT2D eigenvalue weighted by molar-refractivity contribution is 9.12. The van der Waals surface area contributed by atoms with E-state index in [-0.39, 0.29) is 9.65 Å². The predicted octanol–water partition coefficient (Wildman–Crippen LogP) is 2.78. The number of nitrogens with one attached hydrogen (secondary N) is 1. The average Bonchev–Trinajstić information content (AvgIpc) is 2.15. The summed E-state index contributed by atoms with van der Waals surface area (Å²) in [6.45, 7) is 1.89. The molecular formula is C9H14Br4NO2-. The predicted molar refractivity (Wildman–Crippen MR) is 79.2 cm³/mol. The molecule has 0 spiro atoms. The third-order valence-electron chi connectivity index (χ3n) is 2.08. The summed E-state index contributed by atoms with van der Waals surface area (Å²) < 4.78 is 0. The van der Waals surface area contributed by atoms with Crippen LogP contribution in [0.15, 0.2) is 0 Å². The number of alkyl halides is 4. The highest BCUT2D eigenvalue weighted by atomic mass is 79.9. The molecular weight excluding hydrogens is 474 g/mol. The maximum absolute atomic E-state index is 10.7. The molecule has 3 nitrogen and oxygen atoms in total. The minimum absolute atomic E-state index is 0.222. The standard InChI is InChI=1S/C9H15Br4NO2/c1-9(14-8(15)16,2-6(12)4-10)3-7(13)5-11/h6-7,14H,2-5H2,1H3,(H,15,16)/p-1. The van der Waals surface area contributed by atoms with Crippen LogP contribution in [0.1, 0.15) is 19.8 Å². The molecule has 0 aromatic rings. The van der Waals surface area contributed by atoms with Crippen LogP contribution in [0.2, 0.25) is 0 Å². The van der Waals surface area contributed by atoms with Gasteiger partial charge < -0.3 is 15.2 Å². The van der Waals surface area contributed by atoms with E-state index < -0.39 is 11.6 Å². The highest BCUT2D eigenvalue weighted by Crippen LogP contribution is 2.27. The van der Waals surface area contributed by atoms with Crippen molar-refractivity contribution in [3.8, 4) is 0 Å². The van der Waals surface area contributed by atoms with E-state index in [1.54, 1.807) is 0 Å². The van der Waals surface area contributed by atoms with E-state index in [9.17, 15) is 9.90 Å². The summed E-state index contributed by atoms with van der Waals surface area (Å²) in [4.78, 5) is 11.1. The Morgan fingerprint density at radius 2 is 1.62 bits per heavy atom. The number of carboxylic acid groups (broad SMARTS) is 1. The first-order valence-electron chi connectivity index (χ1n) is 4.72. The second-order valence-corrected chi connectivity index (χ2v) is 7.77.